The van der Waals surface area contributed by atoms with E-state index in [0.29, 0.717) is 24.7 Å². The van der Waals surface area contributed by atoms with E-state index >= 15 is 0 Å². The second kappa shape index (κ2) is 6.38. The zero-order valence-electron chi connectivity index (χ0n) is 17.0. The van der Waals surface area contributed by atoms with Crippen LogP contribution in [0.1, 0.15) is 65.7 Å². The lowest BCUT2D eigenvalue weighted by molar-refractivity contribution is -0.146. The van der Waals surface area contributed by atoms with Gasteiger partial charge in [0.15, 0.2) is 11.6 Å². The molecule has 148 valence electrons. The molecule has 2 saturated carbocycles. The van der Waals surface area contributed by atoms with Crippen LogP contribution in [0.4, 0.5) is 0 Å². The van der Waals surface area contributed by atoms with Crippen LogP contribution in [0.25, 0.3) is 0 Å². The Kier molecular flexibility index (Phi) is 4.51. The number of carbonyl (C=O) groups excluding carboxylic acids is 2. The summed E-state index contributed by atoms with van der Waals surface area (Å²) < 4.78 is 5.38. The Morgan fingerprint density at radius 1 is 1.26 bits per heavy atom. The molecule has 4 rings (SSSR count). The van der Waals surface area contributed by atoms with Gasteiger partial charge in [-0.15, -0.1) is 0 Å². The standard InChI is InChI=1S/C23H32O4/c1-13(27-4)21(26)23(3)10-8-19-17-12-20(25)18-11-14(24)5-6-15(18)16(17)7-9-22(19,23)2/h11,13,17,19-20,25H,5-10,12H2,1-4H3. The fraction of sp³-hybridized carbons (Fsp3) is 0.739. The first-order valence-corrected chi connectivity index (χ1v) is 10.4. The Balaban J connectivity index is 1.72. The molecule has 0 aliphatic heterocycles. The largest absolute Gasteiger partial charge is 0.388 e. The van der Waals surface area contributed by atoms with Crippen molar-refractivity contribution in [3.63, 3.8) is 0 Å². The SMILES string of the molecule is COC(C)C(=O)C1(C)CCC2C3CC(O)C4=CC(=O)CCC4=C3CCC21C. The fourth-order valence-corrected chi connectivity index (χ4v) is 6.76. The second-order valence-corrected chi connectivity index (χ2v) is 9.56. The summed E-state index contributed by atoms with van der Waals surface area (Å²) in [5.41, 5.74) is 3.18. The number of fused-ring (bicyclic) bond motifs is 4. The molecule has 2 fully saturated rings. The normalized spacial score (nSPS) is 42.2. The third-order valence-electron chi connectivity index (χ3n) is 8.66. The summed E-state index contributed by atoms with van der Waals surface area (Å²) in [4.78, 5) is 25.1. The highest BCUT2D eigenvalue weighted by Crippen LogP contribution is 2.67. The average Bonchev–Trinajstić information content (AvgIpc) is 2.93. The lowest BCUT2D eigenvalue weighted by atomic mass is 9.51. The predicted octanol–water partition coefficient (Wildman–Crippen LogP) is 3.77. The van der Waals surface area contributed by atoms with Crippen molar-refractivity contribution in [3.8, 4) is 0 Å². The molecule has 4 aliphatic carbocycles. The third kappa shape index (κ3) is 2.56. The van der Waals surface area contributed by atoms with Crippen molar-refractivity contribution in [2.24, 2.45) is 22.7 Å². The predicted molar refractivity (Wildman–Crippen MR) is 103 cm³/mol. The van der Waals surface area contributed by atoms with Gasteiger partial charge in [0.05, 0.1) is 6.10 Å². The van der Waals surface area contributed by atoms with Gasteiger partial charge in [-0.3, -0.25) is 9.59 Å². The topological polar surface area (TPSA) is 63.6 Å². The third-order valence-corrected chi connectivity index (χ3v) is 8.66. The number of Topliss-reactive ketones (excluding diaryl/α,β-unsaturated/α-hetero) is 1. The van der Waals surface area contributed by atoms with E-state index in [4.69, 9.17) is 4.74 Å². The van der Waals surface area contributed by atoms with Crippen molar-refractivity contribution >= 4 is 11.6 Å². The van der Waals surface area contributed by atoms with E-state index in [1.54, 1.807) is 13.2 Å². The molecule has 4 aliphatic rings. The molecule has 1 N–H and O–H groups in total. The van der Waals surface area contributed by atoms with E-state index in [-0.39, 0.29) is 28.5 Å². The number of hydrogen-bond acceptors (Lipinski definition) is 4. The minimum absolute atomic E-state index is 0.0585. The molecule has 0 radical (unpaired) electrons. The van der Waals surface area contributed by atoms with Crippen LogP contribution in [0, 0.1) is 22.7 Å². The van der Waals surface area contributed by atoms with Gasteiger partial charge in [-0.2, -0.15) is 0 Å². The van der Waals surface area contributed by atoms with Crippen LogP contribution < -0.4 is 0 Å². The molecule has 0 saturated heterocycles. The number of ketones is 2. The van der Waals surface area contributed by atoms with Crippen molar-refractivity contribution in [3.05, 3.63) is 22.8 Å². The highest BCUT2D eigenvalue weighted by atomic mass is 16.5. The Bertz CT molecular complexity index is 747. The molecule has 6 atom stereocenters. The molecule has 0 bridgehead atoms. The first-order chi connectivity index (χ1) is 12.7. The van der Waals surface area contributed by atoms with Gasteiger partial charge in [-0.05, 0) is 79.9 Å². The summed E-state index contributed by atoms with van der Waals surface area (Å²) in [5.74, 6) is 1.12. The van der Waals surface area contributed by atoms with Crippen LogP contribution in [0.3, 0.4) is 0 Å². The summed E-state index contributed by atoms with van der Waals surface area (Å²) >= 11 is 0. The number of aliphatic hydroxyl groups is 1. The van der Waals surface area contributed by atoms with E-state index in [9.17, 15) is 14.7 Å². The number of allylic oxidation sites excluding steroid dienone is 2. The maximum atomic E-state index is 13.2. The lowest BCUT2D eigenvalue weighted by Crippen LogP contribution is -2.51. The summed E-state index contributed by atoms with van der Waals surface area (Å²) in [6.45, 7) is 6.31. The summed E-state index contributed by atoms with van der Waals surface area (Å²) in [6.07, 6.45) is 6.71. The molecule has 0 aromatic heterocycles. The van der Waals surface area contributed by atoms with Crippen LogP contribution in [-0.2, 0) is 14.3 Å². The molecular formula is C23H32O4. The summed E-state index contributed by atoms with van der Waals surface area (Å²) in [5, 5.41) is 10.8. The molecule has 0 heterocycles. The molecule has 0 aromatic rings. The van der Waals surface area contributed by atoms with Gasteiger partial charge >= 0.3 is 0 Å². The number of rotatable bonds is 3. The zero-order valence-corrected chi connectivity index (χ0v) is 17.0. The molecule has 0 aromatic carbocycles. The van der Waals surface area contributed by atoms with Crippen molar-refractivity contribution in [1.82, 2.24) is 0 Å². The van der Waals surface area contributed by atoms with E-state index < -0.39 is 6.10 Å². The second-order valence-electron chi connectivity index (χ2n) is 9.56. The zero-order chi connectivity index (χ0) is 19.6. The van der Waals surface area contributed by atoms with Gasteiger partial charge in [-0.1, -0.05) is 19.4 Å². The van der Waals surface area contributed by atoms with E-state index in [2.05, 4.69) is 13.8 Å². The number of ether oxygens (including phenoxy) is 1. The average molecular weight is 373 g/mol. The van der Waals surface area contributed by atoms with Gasteiger partial charge in [-0.25, -0.2) is 0 Å². The molecule has 27 heavy (non-hydrogen) atoms. The van der Waals surface area contributed by atoms with Crippen LogP contribution in [0.15, 0.2) is 22.8 Å². The van der Waals surface area contributed by atoms with E-state index in [0.717, 1.165) is 37.7 Å². The quantitative estimate of drug-likeness (QED) is 0.819. The Labute approximate surface area is 162 Å². The van der Waals surface area contributed by atoms with Gasteiger partial charge < -0.3 is 9.84 Å². The van der Waals surface area contributed by atoms with Crippen molar-refractivity contribution in [2.45, 2.75) is 77.9 Å². The van der Waals surface area contributed by atoms with Crippen LogP contribution >= 0.6 is 0 Å². The highest BCUT2D eigenvalue weighted by Gasteiger charge is 2.62. The molecule has 6 unspecified atom stereocenters. The maximum Gasteiger partial charge on any atom is 0.167 e. The first kappa shape index (κ1) is 19.1. The van der Waals surface area contributed by atoms with Gasteiger partial charge in [0.1, 0.15) is 6.10 Å². The molecule has 0 amide bonds. The first-order valence-electron chi connectivity index (χ1n) is 10.4. The summed E-state index contributed by atoms with van der Waals surface area (Å²) in [7, 11) is 1.61. The summed E-state index contributed by atoms with van der Waals surface area (Å²) in [6, 6.07) is 0. The van der Waals surface area contributed by atoms with E-state index in [1.807, 2.05) is 6.92 Å². The molecular weight excluding hydrogens is 340 g/mol. The molecule has 0 spiro atoms. The van der Waals surface area contributed by atoms with E-state index in [1.165, 1.54) is 11.1 Å². The number of carbonyl (C=O) groups is 2. The molecule has 4 nitrogen and oxygen atoms in total. The Morgan fingerprint density at radius 3 is 2.70 bits per heavy atom. The van der Waals surface area contributed by atoms with Crippen molar-refractivity contribution < 1.29 is 19.4 Å². The van der Waals surface area contributed by atoms with Crippen LogP contribution in [-0.4, -0.2) is 36.0 Å². The minimum Gasteiger partial charge on any atom is -0.388 e. The molecule has 4 heteroatoms. The van der Waals surface area contributed by atoms with Gasteiger partial charge in [0.25, 0.3) is 0 Å². The van der Waals surface area contributed by atoms with Gasteiger partial charge in [0, 0.05) is 18.9 Å². The minimum atomic E-state index is -0.541. The fourth-order valence-electron chi connectivity index (χ4n) is 6.76. The smallest absolute Gasteiger partial charge is 0.167 e. The number of aliphatic hydroxyl groups excluding tert-OH is 1. The Hall–Kier alpha value is -1.26. The maximum absolute atomic E-state index is 13.2. The number of hydrogen-bond donors (Lipinski definition) is 1. The Morgan fingerprint density at radius 2 is 2.00 bits per heavy atom. The van der Waals surface area contributed by atoms with Crippen molar-refractivity contribution in [1.29, 1.82) is 0 Å². The highest BCUT2D eigenvalue weighted by molar-refractivity contribution is 5.93. The van der Waals surface area contributed by atoms with Crippen molar-refractivity contribution in [2.75, 3.05) is 7.11 Å². The monoisotopic (exact) mass is 372 g/mol. The lowest BCUT2D eigenvalue weighted by Gasteiger charge is -2.53. The van der Waals surface area contributed by atoms with Crippen LogP contribution in [0.5, 0.6) is 0 Å². The number of methoxy groups -OCH3 is 1. The van der Waals surface area contributed by atoms with Crippen LogP contribution in [0.2, 0.25) is 0 Å². The van der Waals surface area contributed by atoms with Gasteiger partial charge in [0.2, 0.25) is 0 Å².